The number of hydrogen-bond acceptors (Lipinski definition) is 3. The summed E-state index contributed by atoms with van der Waals surface area (Å²) in [7, 11) is 3.07. The number of alkyl halides is 3. The van der Waals surface area contributed by atoms with Crippen LogP contribution in [0.2, 0.25) is 0 Å². The van der Waals surface area contributed by atoms with Crippen LogP contribution in [0.5, 0.6) is 0 Å². The van der Waals surface area contributed by atoms with Crippen molar-refractivity contribution in [3.8, 4) is 0 Å². The molecule has 2 rings (SSSR count). The van der Waals surface area contributed by atoms with Crippen molar-refractivity contribution in [1.29, 1.82) is 0 Å². The quantitative estimate of drug-likeness (QED) is 0.326. The Morgan fingerprint density at radius 3 is 2.50 bits per heavy atom. The molecule has 6 nitrogen and oxygen atoms in total. The van der Waals surface area contributed by atoms with Crippen LogP contribution >= 0.6 is 24.0 Å². The number of hydrogen-bond donors (Lipinski definition) is 2. The summed E-state index contributed by atoms with van der Waals surface area (Å²) < 4.78 is 38.9. The standard InChI is InChI=1S/C18H25F3N6.HI/c1-22-17(23-9-11-26(2)14-18(19,20)21)24-12-15-6-3-4-7-16(15)13-27-10-5-8-25-27;/h3-8,10H,9,11-14H2,1-2H3,(H2,22,23,24);1H. The average molecular weight is 510 g/mol. The van der Waals surface area contributed by atoms with Gasteiger partial charge < -0.3 is 10.6 Å². The van der Waals surface area contributed by atoms with E-state index in [0.717, 1.165) is 11.1 Å². The van der Waals surface area contributed by atoms with Crippen LogP contribution in [-0.2, 0) is 13.1 Å². The van der Waals surface area contributed by atoms with Gasteiger partial charge in [-0.3, -0.25) is 14.6 Å². The number of likely N-dealkylation sites (N-methyl/N-ethyl adjacent to an activating group) is 1. The Kier molecular flexibility index (Phi) is 10.3. The van der Waals surface area contributed by atoms with E-state index in [1.165, 1.54) is 11.9 Å². The predicted octanol–water partition coefficient (Wildman–Crippen LogP) is 2.71. The Balaban J connectivity index is 0.00000392. The number of aliphatic imine (C=N–C) groups is 1. The number of halogens is 4. The molecule has 0 aliphatic carbocycles. The number of nitrogens with one attached hydrogen (secondary N) is 2. The molecule has 156 valence electrons. The van der Waals surface area contributed by atoms with E-state index in [0.29, 0.717) is 25.6 Å². The van der Waals surface area contributed by atoms with E-state index in [-0.39, 0.29) is 30.5 Å². The molecule has 2 N–H and O–H groups in total. The van der Waals surface area contributed by atoms with Gasteiger partial charge in [-0.15, -0.1) is 24.0 Å². The Labute approximate surface area is 180 Å². The third-order valence-corrected chi connectivity index (χ3v) is 3.91. The lowest BCUT2D eigenvalue weighted by Gasteiger charge is -2.19. The van der Waals surface area contributed by atoms with Crippen LogP contribution in [-0.4, -0.2) is 60.5 Å². The zero-order chi connectivity index (χ0) is 19.7. The largest absolute Gasteiger partial charge is 0.401 e. The summed E-state index contributed by atoms with van der Waals surface area (Å²) in [4.78, 5) is 5.34. The van der Waals surface area contributed by atoms with Crippen molar-refractivity contribution in [1.82, 2.24) is 25.3 Å². The van der Waals surface area contributed by atoms with E-state index in [2.05, 4.69) is 20.7 Å². The van der Waals surface area contributed by atoms with Gasteiger partial charge in [0.05, 0.1) is 13.1 Å². The molecule has 1 aromatic heterocycles. The second kappa shape index (κ2) is 11.9. The second-order valence-electron chi connectivity index (χ2n) is 6.18. The fourth-order valence-corrected chi connectivity index (χ4v) is 2.60. The molecule has 28 heavy (non-hydrogen) atoms. The Morgan fingerprint density at radius 1 is 1.18 bits per heavy atom. The first-order chi connectivity index (χ1) is 12.9. The van der Waals surface area contributed by atoms with Crippen LogP contribution in [0.15, 0.2) is 47.7 Å². The second-order valence-corrected chi connectivity index (χ2v) is 6.18. The fourth-order valence-electron chi connectivity index (χ4n) is 2.60. The van der Waals surface area contributed by atoms with Crippen molar-refractivity contribution in [2.45, 2.75) is 19.3 Å². The molecule has 0 saturated carbocycles. The van der Waals surface area contributed by atoms with E-state index >= 15 is 0 Å². The number of rotatable bonds is 8. The molecule has 10 heteroatoms. The summed E-state index contributed by atoms with van der Waals surface area (Å²) >= 11 is 0. The fraction of sp³-hybridized carbons (Fsp3) is 0.444. The van der Waals surface area contributed by atoms with E-state index in [1.54, 1.807) is 13.2 Å². The lowest BCUT2D eigenvalue weighted by Crippen LogP contribution is -2.42. The molecule has 0 spiro atoms. The first-order valence-corrected chi connectivity index (χ1v) is 8.61. The maximum Gasteiger partial charge on any atom is 0.401 e. The number of nitrogens with zero attached hydrogens (tertiary/aromatic N) is 4. The van der Waals surface area contributed by atoms with Gasteiger partial charge >= 0.3 is 6.18 Å². The monoisotopic (exact) mass is 510 g/mol. The Hall–Kier alpha value is -1.82. The SMILES string of the molecule is CN=C(NCCN(C)CC(F)(F)F)NCc1ccccc1Cn1cccn1.I. The van der Waals surface area contributed by atoms with Gasteiger partial charge in [-0.25, -0.2) is 0 Å². The van der Waals surface area contributed by atoms with Crippen LogP contribution in [0.1, 0.15) is 11.1 Å². The summed E-state index contributed by atoms with van der Waals surface area (Å²) in [5, 5.41) is 10.5. The molecule has 1 aromatic carbocycles. The molecule has 0 aliphatic heterocycles. The van der Waals surface area contributed by atoms with Gasteiger partial charge in [0.2, 0.25) is 0 Å². The highest BCUT2D eigenvalue weighted by molar-refractivity contribution is 14.0. The van der Waals surface area contributed by atoms with Crippen LogP contribution in [0.3, 0.4) is 0 Å². The number of aromatic nitrogens is 2. The molecule has 1 heterocycles. The first-order valence-electron chi connectivity index (χ1n) is 8.61. The summed E-state index contributed by atoms with van der Waals surface area (Å²) in [6, 6.07) is 9.89. The number of benzene rings is 1. The van der Waals surface area contributed by atoms with Crippen LogP contribution in [0, 0.1) is 0 Å². The highest BCUT2D eigenvalue weighted by Gasteiger charge is 2.28. The molecule has 2 aromatic rings. The van der Waals surface area contributed by atoms with E-state index < -0.39 is 12.7 Å². The third-order valence-electron chi connectivity index (χ3n) is 3.91. The smallest absolute Gasteiger partial charge is 0.355 e. The molecule has 0 bridgehead atoms. The molecular weight excluding hydrogens is 484 g/mol. The average Bonchev–Trinajstić information content (AvgIpc) is 3.10. The summed E-state index contributed by atoms with van der Waals surface area (Å²) in [5.74, 6) is 0.546. The van der Waals surface area contributed by atoms with Gasteiger partial charge in [0, 0.05) is 39.1 Å². The van der Waals surface area contributed by atoms with Crippen LogP contribution in [0.25, 0.3) is 0 Å². The molecule has 0 atom stereocenters. The molecule has 0 fully saturated rings. The third kappa shape index (κ3) is 8.91. The van der Waals surface area contributed by atoms with Crippen molar-refractivity contribution in [2.24, 2.45) is 4.99 Å². The van der Waals surface area contributed by atoms with Gasteiger partial charge in [0.1, 0.15) is 0 Å². The van der Waals surface area contributed by atoms with E-state index in [4.69, 9.17) is 0 Å². The number of guanidine groups is 1. The minimum absolute atomic E-state index is 0. The molecule has 0 aliphatic rings. The van der Waals surface area contributed by atoms with Crippen LogP contribution < -0.4 is 10.6 Å². The van der Waals surface area contributed by atoms with Crippen molar-refractivity contribution in [3.05, 3.63) is 53.9 Å². The predicted molar refractivity (Wildman–Crippen MR) is 115 cm³/mol. The van der Waals surface area contributed by atoms with Gasteiger partial charge in [-0.2, -0.15) is 18.3 Å². The zero-order valence-corrected chi connectivity index (χ0v) is 18.2. The lowest BCUT2D eigenvalue weighted by atomic mass is 10.1. The maximum absolute atomic E-state index is 12.3. The maximum atomic E-state index is 12.3. The first kappa shape index (κ1) is 24.2. The topological polar surface area (TPSA) is 57.5 Å². The lowest BCUT2D eigenvalue weighted by molar-refractivity contribution is -0.142. The Bertz CT molecular complexity index is 718. The minimum Gasteiger partial charge on any atom is -0.355 e. The van der Waals surface area contributed by atoms with Gasteiger partial charge in [0.25, 0.3) is 0 Å². The minimum atomic E-state index is -4.19. The van der Waals surface area contributed by atoms with Gasteiger partial charge in [0.15, 0.2) is 5.96 Å². The van der Waals surface area contributed by atoms with Gasteiger partial charge in [-0.1, -0.05) is 24.3 Å². The molecule has 0 amide bonds. The van der Waals surface area contributed by atoms with Crippen molar-refractivity contribution < 1.29 is 13.2 Å². The summed E-state index contributed by atoms with van der Waals surface area (Å²) in [6.45, 7) is 0.910. The van der Waals surface area contributed by atoms with Crippen LogP contribution in [0.4, 0.5) is 13.2 Å². The highest BCUT2D eigenvalue weighted by atomic mass is 127. The van der Waals surface area contributed by atoms with Crippen molar-refractivity contribution in [3.63, 3.8) is 0 Å². The molecule has 0 unspecified atom stereocenters. The molecule has 0 saturated heterocycles. The summed E-state index contributed by atoms with van der Waals surface area (Å²) in [5.41, 5.74) is 2.24. The normalized spacial score (nSPS) is 12.0. The van der Waals surface area contributed by atoms with E-state index in [1.807, 2.05) is 41.2 Å². The highest BCUT2D eigenvalue weighted by Crippen LogP contribution is 2.15. The van der Waals surface area contributed by atoms with Crippen molar-refractivity contribution >= 4 is 29.9 Å². The summed E-state index contributed by atoms with van der Waals surface area (Å²) in [6.07, 6.45) is -0.544. The van der Waals surface area contributed by atoms with Gasteiger partial charge in [-0.05, 0) is 24.2 Å². The molecule has 0 radical (unpaired) electrons. The van der Waals surface area contributed by atoms with Crippen molar-refractivity contribution in [2.75, 3.05) is 33.7 Å². The van der Waals surface area contributed by atoms with E-state index in [9.17, 15) is 13.2 Å². The zero-order valence-electron chi connectivity index (χ0n) is 15.9. The molecular formula is C18H26F3IN6. The Morgan fingerprint density at radius 2 is 1.89 bits per heavy atom.